The minimum absolute atomic E-state index is 0.00642. The van der Waals surface area contributed by atoms with Gasteiger partial charge in [0.05, 0.1) is 12.1 Å². The number of aliphatic hydroxyl groups excluding tert-OH is 1. The smallest absolute Gasteiger partial charge is 0.327 e. The van der Waals surface area contributed by atoms with Gasteiger partial charge >= 0.3 is 5.97 Å². The molecule has 1 aliphatic heterocycles. The molecule has 6 rings (SSSR count). The third-order valence-corrected chi connectivity index (χ3v) is 15.1. The molecule has 2 unspecified atom stereocenters. The number of para-hydroxylation sites is 1. The molecule has 0 spiro atoms. The van der Waals surface area contributed by atoms with E-state index in [1.165, 1.54) is 6.92 Å². The number of aromatic amines is 1. The quantitative estimate of drug-likeness (QED) is 0.0549. The number of aliphatic hydroxyl groups is 1. The highest BCUT2D eigenvalue weighted by Gasteiger charge is 2.36. The average Bonchev–Trinajstić information content (AvgIpc) is 3.82. The second-order valence-corrected chi connectivity index (χ2v) is 21.1. The summed E-state index contributed by atoms with van der Waals surface area (Å²) in [5.41, 5.74) is 15.5. The number of carboxylic acid groups (broad SMARTS) is 1. The molecular formula is C54H66N10O10S2. The number of H-pyrrole nitrogens is 1. The van der Waals surface area contributed by atoms with E-state index < -0.39 is 102 Å². The van der Waals surface area contributed by atoms with Gasteiger partial charge in [0, 0.05) is 54.3 Å². The first-order chi connectivity index (χ1) is 36.6. The number of carbonyl (C=O) groups excluding carboxylic acids is 7. The van der Waals surface area contributed by atoms with Gasteiger partial charge < -0.3 is 63.9 Å². The Morgan fingerprint density at radius 1 is 0.553 bits per heavy atom. The number of nitrogens with one attached hydrogen (secondary N) is 8. The van der Waals surface area contributed by atoms with E-state index in [0.717, 1.165) is 32.5 Å². The van der Waals surface area contributed by atoms with Gasteiger partial charge in [-0.3, -0.25) is 33.6 Å². The van der Waals surface area contributed by atoms with Crippen LogP contribution in [0, 0.1) is 0 Å². The fourth-order valence-electron chi connectivity index (χ4n) is 8.45. The molecule has 2 heterocycles. The fourth-order valence-corrected chi connectivity index (χ4v) is 10.7. The Kier molecular flexibility index (Phi) is 22.3. The van der Waals surface area contributed by atoms with Crippen LogP contribution in [0.2, 0.25) is 0 Å². The fraction of sp³-hybridized carbons (Fsp3) is 0.370. The highest BCUT2D eigenvalue weighted by Crippen LogP contribution is 2.24. The summed E-state index contributed by atoms with van der Waals surface area (Å²) in [5.74, 6) is -7.42. The van der Waals surface area contributed by atoms with Crippen molar-refractivity contribution in [1.82, 2.24) is 42.2 Å². The highest BCUT2D eigenvalue weighted by molar-refractivity contribution is 8.76. The number of benzene rings is 4. The summed E-state index contributed by atoms with van der Waals surface area (Å²) in [6.45, 7) is 1.51. The Balaban J connectivity index is 1.39. The lowest BCUT2D eigenvalue weighted by molar-refractivity contribution is -0.141. The van der Waals surface area contributed by atoms with Crippen molar-refractivity contribution >= 4 is 79.8 Å². The van der Waals surface area contributed by atoms with Crippen molar-refractivity contribution in [3.63, 3.8) is 0 Å². The first kappa shape index (κ1) is 58.0. The van der Waals surface area contributed by atoms with Crippen LogP contribution in [0.25, 0.3) is 10.9 Å². The molecule has 20 nitrogen and oxygen atoms in total. The summed E-state index contributed by atoms with van der Waals surface area (Å²) in [5, 5.41) is 40.8. The summed E-state index contributed by atoms with van der Waals surface area (Å²) in [4.78, 5) is 116. The van der Waals surface area contributed by atoms with Crippen molar-refractivity contribution in [3.05, 3.63) is 144 Å². The largest absolute Gasteiger partial charge is 0.480 e. The molecule has 404 valence electrons. The minimum Gasteiger partial charge on any atom is -0.480 e. The standard InChI is InChI=1S/C54H66N10O10S2/c1-32(65)46-53(72)62-43(27-35-19-9-4-10-20-35)51(70)63-45(54(73)74)31-76-75-30-38(56)47(66)59-41(25-33-15-5-2-6-16-33)49(68)60-42(26-34-17-7-3-8-18-34)50(69)61-44(28-36-29-57-39-22-12-11-21-37(36)39)52(71)58-40(48(67)64-46)23-13-14-24-55/h2-12,15-22,29,32,38,40-46,57,65H,13-14,23-28,30-31,55-56H2,1H3,(H,58,71)(H,59,66)(H,60,68)(H,61,69)(H,62,72)(H,63,70)(H,64,67)(H,73,74)/t32-,38+,40+,41+,42+,43?,44?,45+,46+/m1/s1. The number of aliphatic carboxylic acids is 1. The van der Waals surface area contributed by atoms with E-state index in [-0.39, 0.29) is 50.2 Å². The van der Waals surface area contributed by atoms with Crippen LogP contribution in [0.3, 0.4) is 0 Å². The third kappa shape index (κ3) is 17.4. The van der Waals surface area contributed by atoms with Crippen LogP contribution in [0.4, 0.5) is 0 Å². The summed E-state index contributed by atoms with van der Waals surface area (Å²) >= 11 is 0. The zero-order chi connectivity index (χ0) is 54.6. The topological polar surface area (TPSA) is 329 Å². The van der Waals surface area contributed by atoms with Gasteiger partial charge in [-0.05, 0) is 61.1 Å². The van der Waals surface area contributed by atoms with E-state index in [9.17, 15) is 48.6 Å². The molecule has 14 N–H and O–H groups in total. The average molecular weight is 1080 g/mol. The third-order valence-electron chi connectivity index (χ3n) is 12.6. The van der Waals surface area contributed by atoms with Crippen molar-refractivity contribution in [2.24, 2.45) is 11.5 Å². The van der Waals surface area contributed by atoms with E-state index in [4.69, 9.17) is 11.5 Å². The Morgan fingerprint density at radius 3 is 1.50 bits per heavy atom. The summed E-state index contributed by atoms with van der Waals surface area (Å²) in [6, 6.07) is 22.5. The van der Waals surface area contributed by atoms with Crippen molar-refractivity contribution in [2.75, 3.05) is 18.1 Å². The molecule has 0 bridgehead atoms. The van der Waals surface area contributed by atoms with E-state index in [1.54, 1.807) is 97.2 Å². The first-order valence-corrected chi connectivity index (χ1v) is 27.5. The predicted octanol–water partition coefficient (Wildman–Crippen LogP) is 1.15. The number of aromatic nitrogens is 1. The van der Waals surface area contributed by atoms with Gasteiger partial charge in [0.15, 0.2) is 0 Å². The van der Waals surface area contributed by atoms with Gasteiger partial charge in [-0.1, -0.05) is 131 Å². The Labute approximate surface area is 448 Å². The number of fused-ring (bicyclic) bond motifs is 1. The van der Waals surface area contributed by atoms with Gasteiger partial charge in [0.2, 0.25) is 41.4 Å². The molecule has 1 saturated heterocycles. The predicted molar refractivity (Wildman–Crippen MR) is 291 cm³/mol. The van der Waals surface area contributed by atoms with Gasteiger partial charge in [-0.25, -0.2) is 4.79 Å². The molecule has 0 aliphatic carbocycles. The molecule has 1 aliphatic rings. The number of nitrogens with two attached hydrogens (primary N) is 2. The molecule has 9 atom stereocenters. The number of amides is 7. The van der Waals surface area contributed by atoms with Crippen LogP contribution in [-0.2, 0) is 64.0 Å². The van der Waals surface area contributed by atoms with Crippen molar-refractivity contribution < 1.29 is 48.6 Å². The molecule has 1 aromatic heterocycles. The SMILES string of the molecule is C[C@@H](O)[C@@H]1NC(=O)[C@H](CCCCN)NC(=O)C(Cc2c[nH]c3ccccc23)NC(=O)[C@H](Cc2ccccc2)NC(=O)[C@H](Cc2ccccc2)NC(=O)[C@@H](N)CSSC[C@@H](C(=O)O)NC(=O)C(Cc2ccccc2)NC1=O. The minimum atomic E-state index is -1.69. The van der Waals surface area contributed by atoms with Gasteiger partial charge in [0.25, 0.3) is 0 Å². The molecule has 0 radical (unpaired) electrons. The molecule has 7 amide bonds. The Hall–Kier alpha value is -7.24. The van der Waals surface area contributed by atoms with Gasteiger partial charge in [-0.2, -0.15) is 0 Å². The van der Waals surface area contributed by atoms with E-state index in [1.807, 2.05) is 24.3 Å². The van der Waals surface area contributed by atoms with Crippen molar-refractivity contribution in [1.29, 1.82) is 0 Å². The first-order valence-electron chi connectivity index (χ1n) is 25.0. The van der Waals surface area contributed by atoms with Crippen LogP contribution in [-0.4, -0.2) is 135 Å². The highest BCUT2D eigenvalue weighted by atomic mass is 33.1. The Morgan fingerprint density at radius 2 is 0.987 bits per heavy atom. The lowest BCUT2D eigenvalue weighted by atomic mass is 10.00. The summed E-state index contributed by atoms with van der Waals surface area (Å²) in [6.07, 6.45) is 0.661. The number of carbonyl (C=O) groups is 8. The van der Waals surface area contributed by atoms with E-state index in [2.05, 4.69) is 42.2 Å². The van der Waals surface area contributed by atoms with E-state index in [0.29, 0.717) is 35.1 Å². The number of rotatable bonds is 14. The second kappa shape index (κ2) is 29.2. The maximum atomic E-state index is 14.8. The number of carboxylic acids is 1. The van der Waals surface area contributed by atoms with E-state index >= 15 is 0 Å². The molecule has 5 aromatic rings. The molecular weight excluding hydrogens is 1010 g/mol. The summed E-state index contributed by atoms with van der Waals surface area (Å²) < 4.78 is 0. The van der Waals surface area contributed by atoms with Crippen LogP contribution in [0.1, 0.15) is 48.4 Å². The maximum absolute atomic E-state index is 14.8. The monoisotopic (exact) mass is 1080 g/mol. The Bertz CT molecular complexity index is 2750. The van der Waals surface area contributed by atoms with Crippen molar-refractivity contribution in [3.8, 4) is 0 Å². The zero-order valence-electron chi connectivity index (χ0n) is 41.9. The molecule has 22 heteroatoms. The lowest BCUT2D eigenvalue weighted by Gasteiger charge is -2.29. The molecule has 4 aromatic carbocycles. The molecule has 1 fully saturated rings. The number of hydrogen-bond donors (Lipinski definition) is 12. The summed E-state index contributed by atoms with van der Waals surface area (Å²) in [7, 11) is 2.07. The van der Waals surface area contributed by atoms with Crippen LogP contribution in [0.5, 0.6) is 0 Å². The maximum Gasteiger partial charge on any atom is 0.327 e. The number of hydrogen-bond acceptors (Lipinski definition) is 13. The van der Waals surface area contributed by atoms with Gasteiger partial charge in [-0.15, -0.1) is 0 Å². The molecule has 0 saturated carbocycles. The second-order valence-electron chi connectivity index (χ2n) is 18.5. The van der Waals surface area contributed by atoms with Crippen molar-refractivity contribution in [2.45, 2.75) is 106 Å². The lowest BCUT2D eigenvalue weighted by Crippen LogP contribution is -2.62. The van der Waals surface area contributed by atoms with Crippen LogP contribution >= 0.6 is 21.6 Å². The normalized spacial score (nSPS) is 23.7. The van der Waals surface area contributed by atoms with Crippen LogP contribution < -0.4 is 48.7 Å². The van der Waals surface area contributed by atoms with Gasteiger partial charge in [0.1, 0.15) is 42.3 Å². The number of unbranched alkanes of at least 4 members (excludes halogenated alkanes) is 1. The van der Waals surface area contributed by atoms with Crippen LogP contribution in [0.15, 0.2) is 121 Å². The zero-order valence-corrected chi connectivity index (χ0v) is 43.6. The molecule has 76 heavy (non-hydrogen) atoms.